The SMILES string of the molecule is CC(C)c1ccc(NC(=O)c2cc(S(=O)(=O)N3CCN(Cc4ccc5c(c4)OCO5)CC3)ccc2F)cc1. The molecule has 0 atom stereocenters. The van der Waals surface area contributed by atoms with Gasteiger partial charge in [0.15, 0.2) is 11.5 Å². The van der Waals surface area contributed by atoms with Crippen LogP contribution in [0.5, 0.6) is 11.5 Å². The van der Waals surface area contributed by atoms with Crippen molar-refractivity contribution in [2.75, 3.05) is 38.3 Å². The van der Waals surface area contributed by atoms with Gasteiger partial charge in [-0.1, -0.05) is 32.0 Å². The molecular formula is C28H30FN3O5S. The van der Waals surface area contributed by atoms with Crippen molar-refractivity contribution in [3.8, 4) is 11.5 Å². The number of sulfonamides is 1. The van der Waals surface area contributed by atoms with Crippen LogP contribution in [0.15, 0.2) is 65.6 Å². The third-order valence-corrected chi connectivity index (χ3v) is 8.72. The summed E-state index contributed by atoms with van der Waals surface area (Å²) in [7, 11) is -3.90. The number of halogens is 1. The van der Waals surface area contributed by atoms with Gasteiger partial charge in [-0.05, 0) is 59.5 Å². The van der Waals surface area contributed by atoms with Crippen LogP contribution >= 0.6 is 0 Å². The van der Waals surface area contributed by atoms with Crippen molar-refractivity contribution in [3.63, 3.8) is 0 Å². The molecule has 8 nitrogen and oxygen atoms in total. The van der Waals surface area contributed by atoms with E-state index in [9.17, 15) is 17.6 Å². The van der Waals surface area contributed by atoms with Crippen molar-refractivity contribution < 1.29 is 27.1 Å². The smallest absolute Gasteiger partial charge is 0.258 e. The average Bonchev–Trinajstić information content (AvgIpc) is 3.37. The molecule has 10 heteroatoms. The Morgan fingerprint density at radius 3 is 2.37 bits per heavy atom. The summed E-state index contributed by atoms with van der Waals surface area (Å²) in [4.78, 5) is 14.9. The number of fused-ring (bicyclic) bond motifs is 1. The lowest BCUT2D eigenvalue weighted by Crippen LogP contribution is -2.48. The summed E-state index contributed by atoms with van der Waals surface area (Å²) in [6, 6.07) is 16.4. The molecule has 2 heterocycles. The molecule has 0 aliphatic carbocycles. The molecule has 0 radical (unpaired) electrons. The van der Waals surface area contributed by atoms with Crippen molar-refractivity contribution >= 4 is 21.6 Å². The minimum atomic E-state index is -3.90. The Morgan fingerprint density at radius 1 is 0.947 bits per heavy atom. The second-order valence-electron chi connectivity index (χ2n) is 9.74. The zero-order chi connectivity index (χ0) is 26.9. The zero-order valence-electron chi connectivity index (χ0n) is 21.3. The number of nitrogens with zero attached hydrogens (tertiary/aromatic N) is 2. The number of amides is 1. The number of ether oxygens (including phenoxy) is 2. The molecule has 1 saturated heterocycles. The van der Waals surface area contributed by atoms with Gasteiger partial charge in [0.25, 0.3) is 5.91 Å². The van der Waals surface area contributed by atoms with Crippen LogP contribution < -0.4 is 14.8 Å². The Bertz CT molecular complexity index is 1440. The predicted octanol–water partition coefficient (Wildman–Crippen LogP) is 4.44. The number of hydrogen-bond acceptors (Lipinski definition) is 6. The minimum Gasteiger partial charge on any atom is -0.454 e. The third kappa shape index (κ3) is 5.52. The number of carbonyl (C=O) groups is 1. The molecule has 0 saturated carbocycles. The largest absolute Gasteiger partial charge is 0.454 e. The molecule has 1 amide bonds. The average molecular weight is 540 g/mol. The van der Waals surface area contributed by atoms with Gasteiger partial charge < -0.3 is 14.8 Å². The van der Waals surface area contributed by atoms with Crippen molar-refractivity contribution in [2.45, 2.75) is 31.2 Å². The maximum Gasteiger partial charge on any atom is 0.258 e. The Kier molecular flexibility index (Phi) is 7.38. The first kappa shape index (κ1) is 26.1. The molecule has 1 N–H and O–H groups in total. The van der Waals surface area contributed by atoms with Crippen LogP contribution in [0.25, 0.3) is 0 Å². The maximum absolute atomic E-state index is 14.6. The number of anilines is 1. The van der Waals surface area contributed by atoms with Gasteiger partial charge in [0.2, 0.25) is 16.8 Å². The zero-order valence-corrected chi connectivity index (χ0v) is 22.1. The fraction of sp³-hybridized carbons (Fsp3) is 0.321. The van der Waals surface area contributed by atoms with Gasteiger partial charge in [0.05, 0.1) is 10.5 Å². The third-order valence-electron chi connectivity index (χ3n) is 6.83. The summed E-state index contributed by atoms with van der Waals surface area (Å²) < 4.78 is 53.4. The Hall–Kier alpha value is -3.47. The lowest BCUT2D eigenvalue weighted by Gasteiger charge is -2.34. The summed E-state index contributed by atoms with van der Waals surface area (Å²) in [5.41, 5.74) is 2.35. The van der Waals surface area contributed by atoms with Gasteiger partial charge >= 0.3 is 0 Å². The predicted molar refractivity (Wildman–Crippen MR) is 141 cm³/mol. The number of nitrogens with one attached hydrogen (secondary N) is 1. The minimum absolute atomic E-state index is 0.108. The van der Waals surface area contributed by atoms with Crippen LogP contribution in [0, 0.1) is 5.82 Å². The molecule has 0 bridgehead atoms. The normalized spacial score (nSPS) is 16.1. The second-order valence-corrected chi connectivity index (χ2v) is 11.7. The van der Waals surface area contributed by atoms with E-state index in [1.54, 1.807) is 12.1 Å². The second kappa shape index (κ2) is 10.7. The van der Waals surface area contributed by atoms with Gasteiger partial charge in [-0.25, -0.2) is 12.8 Å². The van der Waals surface area contributed by atoms with E-state index in [1.165, 1.54) is 10.4 Å². The van der Waals surface area contributed by atoms with Crippen LogP contribution in [-0.4, -0.2) is 56.5 Å². The number of benzene rings is 3. The quantitative estimate of drug-likeness (QED) is 0.478. The molecule has 0 aromatic heterocycles. The summed E-state index contributed by atoms with van der Waals surface area (Å²) >= 11 is 0. The maximum atomic E-state index is 14.6. The lowest BCUT2D eigenvalue weighted by molar-refractivity contribution is 0.102. The molecule has 3 aromatic rings. The van der Waals surface area contributed by atoms with Gasteiger partial charge in [0, 0.05) is 38.4 Å². The Labute approximate surface area is 222 Å². The van der Waals surface area contributed by atoms with E-state index in [0.29, 0.717) is 37.0 Å². The number of hydrogen-bond donors (Lipinski definition) is 1. The first-order chi connectivity index (χ1) is 18.2. The van der Waals surface area contributed by atoms with E-state index < -0.39 is 21.7 Å². The van der Waals surface area contributed by atoms with Gasteiger partial charge in [0.1, 0.15) is 5.82 Å². The first-order valence-electron chi connectivity index (χ1n) is 12.5. The van der Waals surface area contributed by atoms with E-state index in [2.05, 4.69) is 24.1 Å². The van der Waals surface area contributed by atoms with Crippen molar-refractivity contribution in [1.82, 2.24) is 9.21 Å². The van der Waals surface area contributed by atoms with Crippen molar-refractivity contribution in [2.24, 2.45) is 0 Å². The summed E-state index contributed by atoms with van der Waals surface area (Å²) in [6.07, 6.45) is 0. The monoisotopic (exact) mass is 539 g/mol. The molecule has 2 aliphatic rings. The Morgan fingerprint density at radius 2 is 1.66 bits per heavy atom. The van der Waals surface area contributed by atoms with Crippen LogP contribution in [0.1, 0.15) is 41.3 Å². The molecule has 1 fully saturated rings. The molecule has 0 spiro atoms. The molecule has 3 aromatic carbocycles. The Balaban J connectivity index is 1.24. The molecular weight excluding hydrogens is 509 g/mol. The standard InChI is InChI=1S/C28H30FN3O5S/c1-19(2)21-4-6-22(7-5-21)30-28(33)24-16-23(8-9-25(24)29)38(34,35)32-13-11-31(12-14-32)17-20-3-10-26-27(15-20)37-18-36-26/h3-10,15-16,19H,11-14,17-18H2,1-2H3,(H,30,33). The van der Waals surface area contributed by atoms with Crippen LogP contribution in [0.2, 0.25) is 0 Å². The highest BCUT2D eigenvalue weighted by atomic mass is 32.2. The van der Waals surface area contributed by atoms with Crippen molar-refractivity contribution in [1.29, 1.82) is 0 Å². The fourth-order valence-corrected chi connectivity index (χ4v) is 6.01. The van der Waals surface area contributed by atoms with E-state index in [0.717, 1.165) is 29.0 Å². The molecule has 2 aliphatic heterocycles. The van der Waals surface area contributed by atoms with Crippen LogP contribution in [0.3, 0.4) is 0 Å². The highest BCUT2D eigenvalue weighted by Crippen LogP contribution is 2.33. The van der Waals surface area contributed by atoms with Gasteiger partial charge in [-0.3, -0.25) is 9.69 Å². The topological polar surface area (TPSA) is 88.2 Å². The summed E-state index contributed by atoms with van der Waals surface area (Å²) in [5.74, 6) is 0.289. The first-order valence-corrected chi connectivity index (χ1v) is 14.0. The number of rotatable bonds is 7. The lowest BCUT2D eigenvalue weighted by atomic mass is 10.0. The van der Waals surface area contributed by atoms with E-state index >= 15 is 0 Å². The van der Waals surface area contributed by atoms with E-state index in [1.807, 2.05) is 30.3 Å². The van der Waals surface area contributed by atoms with E-state index in [-0.39, 0.29) is 30.3 Å². The summed E-state index contributed by atoms with van der Waals surface area (Å²) in [6.45, 7) is 6.64. The highest BCUT2D eigenvalue weighted by Gasteiger charge is 2.30. The number of piperazine rings is 1. The van der Waals surface area contributed by atoms with Gasteiger partial charge in [-0.2, -0.15) is 4.31 Å². The van der Waals surface area contributed by atoms with Gasteiger partial charge in [-0.15, -0.1) is 0 Å². The van der Waals surface area contributed by atoms with E-state index in [4.69, 9.17) is 9.47 Å². The molecule has 5 rings (SSSR count). The number of carbonyl (C=O) groups excluding carboxylic acids is 1. The molecule has 38 heavy (non-hydrogen) atoms. The fourth-order valence-electron chi connectivity index (χ4n) is 4.56. The highest BCUT2D eigenvalue weighted by molar-refractivity contribution is 7.89. The van der Waals surface area contributed by atoms with Crippen LogP contribution in [0.4, 0.5) is 10.1 Å². The molecule has 0 unspecified atom stereocenters. The van der Waals surface area contributed by atoms with Crippen molar-refractivity contribution in [3.05, 3.63) is 83.2 Å². The molecule has 200 valence electrons. The van der Waals surface area contributed by atoms with Crippen LogP contribution in [-0.2, 0) is 16.6 Å². The summed E-state index contributed by atoms with van der Waals surface area (Å²) in [5, 5.41) is 2.66.